The molecule has 248 valence electrons. The summed E-state index contributed by atoms with van der Waals surface area (Å²) in [5.74, 6) is -1.24. The largest absolute Gasteiger partial charge is 0.493 e. The van der Waals surface area contributed by atoms with Crippen molar-refractivity contribution in [3.05, 3.63) is 119 Å². The number of sulfonamides is 1. The van der Waals surface area contributed by atoms with Crippen LogP contribution < -0.4 is 19.1 Å². The normalized spacial score (nSPS) is 11.8. The number of nitrogens with zero attached hydrogens (tertiary/aromatic N) is 2. The molecule has 2 amide bonds. The fourth-order valence-electron chi connectivity index (χ4n) is 4.97. The molecule has 9 nitrogen and oxygen atoms in total. The quantitative estimate of drug-likeness (QED) is 0.169. The molecule has 0 saturated carbocycles. The number of nitrogens with one attached hydrogen (secondary N) is 1. The first-order chi connectivity index (χ1) is 22.6. The lowest BCUT2D eigenvalue weighted by atomic mass is 10.0. The number of carbonyl (C=O) groups is 2. The minimum Gasteiger partial charge on any atom is -0.493 e. The molecule has 0 aliphatic carbocycles. The van der Waals surface area contributed by atoms with E-state index in [-0.39, 0.29) is 34.9 Å². The van der Waals surface area contributed by atoms with E-state index in [1.54, 1.807) is 6.07 Å². The van der Waals surface area contributed by atoms with Gasteiger partial charge in [-0.1, -0.05) is 67.1 Å². The van der Waals surface area contributed by atoms with Crippen molar-refractivity contribution in [2.24, 2.45) is 0 Å². The van der Waals surface area contributed by atoms with Crippen LogP contribution in [-0.4, -0.2) is 58.5 Å². The molecular weight excluding hydrogens is 645 g/mol. The van der Waals surface area contributed by atoms with Crippen molar-refractivity contribution in [1.29, 1.82) is 0 Å². The molecule has 0 bridgehead atoms. The first kappa shape index (κ1) is 35.2. The lowest BCUT2D eigenvalue weighted by molar-refractivity contribution is -0.140. The van der Waals surface area contributed by atoms with Crippen molar-refractivity contribution in [2.45, 2.75) is 37.2 Å². The van der Waals surface area contributed by atoms with Gasteiger partial charge in [0.2, 0.25) is 11.8 Å². The van der Waals surface area contributed by atoms with Crippen LogP contribution in [0.5, 0.6) is 11.5 Å². The van der Waals surface area contributed by atoms with Crippen LogP contribution in [0, 0.1) is 5.82 Å². The first-order valence-corrected chi connectivity index (χ1v) is 16.8. The number of rotatable bonds is 15. The SMILES string of the molecule is CCCNC(=O)[C@@H](Cc1ccccc1)N(Cc1ccccc1F)C(=O)CN(c1ccc(Cl)cc1)S(=O)(=O)c1ccc(OC)c(OC)c1. The van der Waals surface area contributed by atoms with E-state index in [0.717, 1.165) is 9.87 Å². The van der Waals surface area contributed by atoms with Gasteiger partial charge in [-0.05, 0) is 54.4 Å². The summed E-state index contributed by atoms with van der Waals surface area (Å²) >= 11 is 6.12. The molecule has 0 aromatic heterocycles. The maximum absolute atomic E-state index is 15.0. The van der Waals surface area contributed by atoms with Gasteiger partial charge in [-0.25, -0.2) is 12.8 Å². The number of benzene rings is 4. The van der Waals surface area contributed by atoms with Crippen LogP contribution in [0.3, 0.4) is 0 Å². The monoisotopic (exact) mass is 681 g/mol. The number of hydrogen-bond acceptors (Lipinski definition) is 6. The maximum Gasteiger partial charge on any atom is 0.264 e. The predicted octanol–water partition coefficient (Wildman–Crippen LogP) is 5.86. The van der Waals surface area contributed by atoms with E-state index in [1.807, 2.05) is 37.3 Å². The van der Waals surface area contributed by atoms with Gasteiger partial charge in [-0.3, -0.25) is 13.9 Å². The molecule has 1 atom stereocenters. The third kappa shape index (κ3) is 8.81. The molecule has 0 fully saturated rings. The molecule has 0 unspecified atom stereocenters. The van der Waals surface area contributed by atoms with E-state index in [9.17, 15) is 18.0 Å². The Balaban J connectivity index is 1.82. The molecule has 0 spiro atoms. The Hall–Kier alpha value is -4.61. The summed E-state index contributed by atoms with van der Waals surface area (Å²) < 4.78 is 55.1. The molecule has 12 heteroatoms. The topological polar surface area (TPSA) is 105 Å². The Bertz CT molecular complexity index is 1770. The van der Waals surface area contributed by atoms with E-state index < -0.39 is 40.2 Å². The van der Waals surface area contributed by atoms with Crippen molar-refractivity contribution < 1.29 is 31.9 Å². The van der Waals surface area contributed by atoms with Gasteiger partial charge in [-0.15, -0.1) is 0 Å². The minimum atomic E-state index is -4.42. The van der Waals surface area contributed by atoms with E-state index in [4.69, 9.17) is 21.1 Å². The van der Waals surface area contributed by atoms with Gasteiger partial charge >= 0.3 is 0 Å². The zero-order valence-electron chi connectivity index (χ0n) is 26.4. The third-order valence-corrected chi connectivity index (χ3v) is 9.48. The molecular formula is C35H37ClFN3O6S. The smallest absolute Gasteiger partial charge is 0.264 e. The van der Waals surface area contributed by atoms with Crippen LogP contribution >= 0.6 is 11.6 Å². The number of hydrogen-bond donors (Lipinski definition) is 1. The summed E-state index contributed by atoms with van der Waals surface area (Å²) in [6.07, 6.45) is 0.763. The van der Waals surface area contributed by atoms with Crippen LogP contribution in [0.15, 0.2) is 102 Å². The average molecular weight is 682 g/mol. The number of halogens is 2. The highest BCUT2D eigenvalue weighted by Crippen LogP contribution is 2.33. The summed E-state index contributed by atoms with van der Waals surface area (Å²) in [6.45, 7) is 1.26. The van der Waals surface area contributed by atoms with E-state index in [2.05, 4.69) is 5.32 Å². The van der Waals surface area contributed by atoms with E-state index in [0.29, 0.717) is 23.7 Å². The Kier molecular flexibility index (Phi) is 12.2. The second-order valence-electron chi connectivity index (χ2n) is 10.6. The number of anilines is 1. The molecule has 4 aromatic rings. The molecule has 4 rings (SSSR count). The number of carbonyl (C=O) groups excluding carboxylic acids is 2. The van der Waals surface area contributed by atoms with Crippen molar-refractivity contribution in [2.75, 3.05) is 31.6 Å². The van der Waals surface area contributed by atoms with Gasteiger partial charge in [0.05, 0.1) is 24.8 Å². The second-order valence-corrected chi connectivity index (χ2v) is 12.9. The van der Waals surface area contributed by atoms with Gasteiger partial charge in [0.25, 0.3) is 10.0 Å². The average Bonchev–Trinajstić information content (AvgIpc) is 3.08. The van der Waals surface area contributed by atoms with Gasteiger partial charge in [0, 0.05) is 36.2 Å². The second kappa shape index (κ2) is 16.3. The third-order valence-electron chi connectivity index (χ3n) is 7.46. The molecule has 0 radical (unpaired) electrons. The molecule has 0 heterocycles. The van der Waals surface area contributed by atoms with Crippen LogP contribution in [0.4, 0.5) is 10.1 Å². The van der Waals surface area contributed by atoms with Gasteiger partial charge in [0.1, 0.15) is 18.4 Å². The first-order valence-electron chi connectivity index (χ1n) is 14.9. The zero-order valence-corrected chi connectivity index (χ0v) is 27.9. The van der Waals surface area contributed by atoms with Crippen molar-refractivity contribution in [3.8, 4) is 11.5 Å². The Morgan fingerprint density at radius 2 is 1.55 bits per heavy atom. The number of ether oxygens (including phenoxy) is 2. The summed E-state index contributed by atoms with van der Waals surface area (Å²) in [5, 5.41) is 3.22. The van der Waals surface area contributed by atoms with Crippen molar-refractivity contribution in [3.63, 3.8) is 0 Å². The zero-order chi connectivity index (χ0) is 34.0. The summed E-state index contributed by atoms with van der Waals surface area (Å²) in [4.78, 5) is 29.2. The number of amides is 2. The highest BCUT2D eigenvalue weighted by atomic mass is 35.5. The molecule has 4 aromatic carbocycles. The van der Waals surface area contributed by atoms with Crippen molar-refractivity contribution in [1.82, 2.24) is 10.2 Å². The Morgan fingerprint density at radius 3 is 2.19 bits per heavy atom. The van der Waals surface area contributed by atoms with E-state index in [1.165, 1.54) is 79.8 Å². The molecule has 0 aliphatic rings. The summed E-state index contributed by atoms with van der Waals surface area (Å²) in [6, 6.07) is 24.0. The molecule has 0 aliphatic heterocycles. The highest BCUT2D eigenvalue weighted by Gasteiger charge is 2.35. The maximum atomic E-state index is 15.0. The Labute approximate surface area is 279 Å². The molecule has 0 saturated heterocycles. The molecule has 1 N–H and O–H groups in total. The van der Waals surface area contributed by atoms with Gasteiger partial charge in [-0.2, -0.15) is 0 Å². The minimum absolute atomic E-state index is 0.111. The standard InChI is InChI=1S/C35H37ClFN3O6S/c1-4-20-38-35(42)31(21-25-10-6-5-7-11-25)39(23-26-12-8-9-13-30(26)37)34(41)24-40(28-16-14-27(36)15-17-28)47(43,44)29-18-19-32(45-2)33(22-29)46-3/h5-19,22,31H,4,20-21,23-24H2,1-3H3,(H,38,42)/t31-/m1/s1. The molecule has 47 heavy (non-hydrogen) atoms. The van der Waals surface area contributed by atoms with Gasteiger partial charge in [0.15, 0.2) is 11.5 Å². The fourth-order valence-corrected chi connectivity index (χ4v) is 6.53. The lowest BCUT2D eigenvalue weighted by Crippen LogP contribution is -2.53. The summed E-state index contributed by atoms with van der Waals surface area (Å²) in [5.41, 5.74) is 1.09. The van der Waals surface area contributed by atoms with E-state index >= 15 is 4.39 Å². The summed E-state index contributed by atoms with van der Waals surface area (Å²) in [7, 11) is -1.61. The van der Waals surface area contributed by atoms with Crippen LogP contribution in [0.1, 0.15) is 24.5 Å². The fraction of sp³-hybridized carbons (Fsp3) is 0.257. The lowest BCUT2D eigenvalue weighted by Gasteiger charge is -2.34. The van der Waals surface area contributed by atoms with Crippen LogP contribution in [0.25, 0.3) is 0 Å². The van der Waals surface area contributed by atoms with Crippen LogP contribution in [0.2, 0.25) is 5.02 Å². The highest BCUT2D eigenvalue weighted by molar-refractivity contribution is 7.92. The number of methoxy groups -OCH3 is 2. The predicted molar refractivity (Wildman–Crippen MR) is 180 cm³/mol. The van der Waals surface area contributed by atoms with Crippen molar-refractivity contribution >= 4 is 39.1 Å². The Morgan fingerprint density at radius 1 is 0.894 bits per heavy atom. The van der Waals surface area contributed by atoms with Crippen LogP contribution in [-0.2, 0) is 32.6 Å². The van der Waals surface area contributed by atoms with Gasteiger partial charge < -0.3 is 19.7 Å².